The fourth-order valence-corrected chi connectivity index (χ4v) is 3.42. The molecule has 0 radical (unpaired) electrons. The molecule has 1 N–H and O–H groups in total. The van der Waals surface area contributed by atoms with Crippen LogP contribution in [0.2, 0.25) is 0 Å². The molecule has 18 heavy (non-hydrogen) atoms. The van der Waals surface area contributed by atoms with E-state index in [1.54, 1.807) is 0 Å². The lowest BCUT2D eigenvalue weighted by molar-refractivity contribution is 0.244. The number of nitrogens with one attached hydrogen (secondary N) is 1. The van der Waals surface area contributed by atoms with Crippen LogP contribution in [0.1, 0.15) is 50.6 Å². The van der Waals surface area contributed by atoms with Crippen LogP contribution in [0, 0.1) is 11.8 Å². The van der Waals surface area contributed by atoms with E-state index in [0.29, 0.717) is 5.92 Å². The second-order valence-electron chi connectivity index (χ2n) is 6.12. The van der Waals surface area contributed by atoms with Crippen LogP contribution < -0.4 is 5.32 Å². The van der Waals surface area contributed by atoms with Crippen molar-refractivity contribution in [1.29, 1.82) is 0 Å². The second kappa shape index (κ2) is 5.43. The van der Waals surface area contributed by atoms with Gasteiger partial charge in [-0.15, -0.1) is 0 Å². The zero-order chi connectivity index (χ0) is 12.4. The van der Waals surface area contributed by atoms with Crippen molar-refractivity contribution in [2.45, 2.75) is 51.5 Å². The van der Waals surface area contributed by atoms with Crippen molar-refractivity contribution in [3.63, 3.8) is 0 Å². The van der Waals surface area contributed by atoms with E-state index < -0.39 is 0 Å². The summed E-state index contributed by atoms with van der Waals surface area (Å²) in [6, 6.07) is 0. The Kier molecular flexibility index (Phi) is 3.69. The van der Waals surface area contributed by atoms with Crippen molar-refractivity contribution >= 4 is 0 Å². The minimum Gasteiger partial charge on any atom is -0.334 e. The second-order valence-corrected chi connectivity index (χ2v) is 6.12. The summed E-state index contributed by atoms with van der Waals surface area (Å²) in [6.07, 6.45) is 11.2. The maximum Gasteiger partial charge on any atom is 0.0948 e. The molecule has 0 atom stereocenters. The van der Waals surface area contributed by atoms with Gasteiger partial charge in [-0.25, -0.2) is 4.98 Å². The van der Waals surface area contributed by atoms with Gasteiger partial charge in [0.25, 0.3) is 0 Å². The van der Waals surface area contributed by atoms with Gasteiger partial charge in [-0.3, -0.25) is 0 Å². The first kappa shape index (κ1) is 12.2. The van der Waals surface area contributed by atoms with Gasteiger partial charge in [0.2, 0.25) is 0 Å². The Morgan fingerprint density at radius 1 is 1.22 bits per heavy atom. The number of rotatable bonds is 4. The number of imidazole rings is 1. The van der Waals surface area contributed by atoms with Crippen LogP contribution in [-0.4, -0.2) is 22.6 Å². The highest BCUT2D eigenvalue weighted by atomic mass is 15.1. The Bertz CT molecular complexity index is 373. The third-order valence-electron chi connectivity index (χ3n) is 4.94. The Morgan fingerprint density at radius 2 is 1.94 bits per heavy atom. The molecule has 2 aliphatic rings. The molecule has 3 heteroatoms. The molecule has 0 unspecified atom stereocenters. The molecule has 1 aromatic heterocycles. The van der Waals surface area contributed by atoms with E-state index in [2.05, 4.69) is 28.0 Å². The molecule has 0 spiro atoms. The number of nitrogens with zero attached hydrogens (tertiary/aromatic N) is 2. The molecule has 2 fully saturated rings. The van der Waals surface area contributed by atoms with Gasteiger partial charge in [0.05, 0.1) is 6.33 Å². The van der Waals surface area contributed by atoms with E-state index >= 15 is 0 Å². The third-order valence-corrected chi connectivity index (χ3v) is 4.94. The standard InChI is InChI=1S/C15H25N3/c1-2-12-3-5-13(6-4-12)10-18-11-17-9-15(18)14-7-16-8-14/h9,11-14,16H,2-8,10H2,1H3. The molecule has 0 aromatic carbocycles. The van der Waals surface area contributed by atoms with Crippen molar-refractivity contribution in [1.82, 2.24) is 14.9 Å². The SMILES string of the molecule is CCC1CCC(Cn2cncc2C2CNC2)CC1. The summed E-state index contributed by atoms with van der Waals surface area (Å²) >= 11 is 0. The van der Waals surface area contributed by atoms with Crippen LogP contribution in [0.15, 0.2) is 12.5 Å². The highest BCUT2D eigenvalue weighted by molar-refractivity contribution is 5.11. The normalized spacial score (nSPS) is 29.2. The summed E-state index contributed by atoms with van der Waals surface area (Å²) in [6.45, 7) is 5.80. The van der Waals surface area contributed by atoms with E-state index in [1.807, 2.05) is 6.33 Å². The van der Waals surface area contributed by atoms with Gasteiger partial charge in [0.1, 0.15) is 0 Å². The molecule has 1 aliphatic carbocycles. The van der Waals surface area contributed by atoms with E-state index in [9.17, 15) is 0 Å². The minimum absolute atomic E-state index is 0.708. The van der Waals surface area contributed by atoms with Gasteiger partial charge < -0.3 is 9.88 Å². The number of hydrogen-bond donors (Lipinski definition) is 1. The smallest absolute Gasteiger partial charge is 0.0948 e. The summed E-state index contributed by atoms with van der Waals surface area (Å²) in [7, 11) is 0. The van der Waals surface area contributed by atoms with Gasteiger partial charge in [-0.05, 0) is 24.7 Å². The van der Waals surface area contributed by atoms with Crippen LogP contribution in [0.25, 0.3) is 0 Å². The lowest BCUT2D eigenvalue weighted by Crippen LogP contribution is -2.41. The summed E-state index contributed by atoms with van der Waals surface area (Å²) in [5.41, 5.74) is 1.45. The van der Waals surface area contributed by atoms with Crippen molar-refractivity contribution in [3.05, 3.63) is 18.2 Å². The van der Waals surface area contributed by atoms with Crippen LogP contribution in [0.5, 0.6) is 0 Å². The largest absolute Gasteiger partial charge is 0.334 e. The first-order valence-electron chi connectivity index (χ1n) is 7.57. The van der Waals surface area contributed by atoms with E-state index in [1.165, 1.54) is 44.3 Å². The Labute approximate surface area is 110 Å². The summed E-state index contributed by atoms with van der Waals surface area (Å²) in [5.74, 6) is 2.59. The van der Waals surface area contributed by atoms with E-state index in [0.717, 1.165) is 24.9 Å². The fourth-order valence-electron chi connectivity index (χ4n) is 3.42. The zero-order valence-corrected chi connectivity index (χ0v) is 11.4. The van der Waals surface area contributed by atoms with Crippen LogP contribution in [0.4, 0.5) is 0 Å². The molecule has 0 amide bonds. The third kappa shape index (κ3) is 2.46. The van der Waals surface area contributed by atoms with Gasteiger partial charge >= 0.3 is 0 Å². The monoisotopic (exact) mass is 247 g/mol. The molecule has 1 aliphatic heterocycles. The molecule has 1 saturated carbocycles. The molecular weight excluding hydrogens is 222 g/mol. The minimum atomic E-state index is 0.708. The number of hydrogen-bond acceptors (Lipinski definition) is 2. The molecule has 3 rings (SSSR count). The first-order valence-corrected chi connectivity index (χ1v) is 7.57. The molecule has 1 saturated heterocycles. The maximum absolute atomic E-state index is 4.36. The molecule has 100 valence electrons. The lowest BCUT2D eigenvalue weighted by Gasteiger charge is -2.31. The quantitative estimate of drug-likeness (QED) is 0.886. The fraction of sp³-hybridized carbons (Fsp3) is 0.800. The van der Waals surface area contributed by atoms with Crippen LogP contribution in [-0.2, 0) is 6.54 Å². The van der Waals surface area contributed by atoms with E-state index in [-0.39, 0.29) is 0 Å². The molecule has 0 bridgehead atoms. The van der Waals surface area contributed by atoms with Crippen molar-refractivity contribution in [3.8, 4) is 0 Å². The topological polar surface area (TPSA) is 29.9 Å². The summed E-state index contributed by atoms with van der Waals surface area (Å²) in [4.78, 5) is 4.36. The first-order chi connectivity index (χ1) is 8.86. The predicted molar refractivity (Wildman–Crippen MR) is 73.6 cm³/mol. The molecule has 3 nitrogen and oxygen atoms in total. The predicted octanol–water partition coefficient (Wildman–Crippen LogP) is 2.79. The Hall–Kier alpha value is -0.830. The summed E-state index contributed by atoms with van der Waals surface area (Å²) in [5, 5.41) is 3.35. The van der Waals surface area contributed by atoms with Gasteiger partial charge in [-0.1, -0.05) is 26.2 Å². The number of aromatic nitrogens is 2. The average molecular weight is 247 g/mol. The molecule has 2 heterocycles. The maximum atomic E-state index is 4.36. The Morgan fingerprint density at radius 3 is 2.56 bits per heavy atom. The van der Waals surface area contributed by atoms with Crippen molar-refractivity contribution < 1.29 is 0 Å². The van der Waals surface area contributed by atoms with Crippen LogP contribution >= 0.6 is 0 Å². The zero-order valence-electron chi connectivity index (χ0n) is 11.4. The van der Waals surface area contributed by atoms with Crippen LogP contribution in [0.3, 0.4) is 0 Å². The lowest BCUT2D eigenvalue weighted by atomic mass is 9.81. The van der Waals surface area contributed by atoms with Crippen molar-refractivity contribution in [2.24, 2.45) is 11.8 Å². The van der Waals surface area contributed by atoms with Gasteiger partial charge in [0, 0.05) is 37.4 Å². The summed E-state index contributed by atoms with van der Waals surface area (Å²) < 4.78 is 2.42. The van der Waals surface area contributed by atoms with Gasteiger partial charge in [0.15, 0.2) is 0 Å². The van der Waals surface area contributed by atoms with Crippen molar-refractivity contribution in [2.75, 3.05) is 13.1 Å². The molecule has 1 aromatic rings. The van der Waals surface area contributed by atoms with Gasteiger partial charge in [-0.2, -0.15) is 0 Å². The highest BCUT2D eigenvalue weighted by Gasteiger charge is 2.25. The Balaban J connectivity index is 1.58. The average Bonchev–Trinajstić information content (AvgIpc) is 2.76. The van der Waals surface area contributed by atoms with E-state index in [4.69, 9.17) is 0 Å². The molecular formula is C15H25N3. The highest BCUT2D eigenvalue weighted by Crippen LogP contribution is 2.32.